The van der Waals surface area contributed by atoms with E-state index >= 15 is 0 Å². The Morgan fingerprint density at radius 3 is 2.69 bits per heavy atom. The summed E-state index contributed by atoms with van der Waals surface area (Å²) in [4.78, 5) is 2.19. The number of hydrogen-bond donors (Lipinski definition) is 0. The normalized spacial score (nSPS) is 15.2. The summed E-state index contributed by atoms with van der Waals surface area (Å²) >= 11 is 0. The molecule has 0 unspecified atom stereocenters. The minimum atomic E-state index is 0.778. The van der Waals surface area contributed by atoms with Gasteiger partial charge in [-0.2, -0.15) is 4.57 Å². The molecule has 0 N–H and O–H groups in total. The van der Waals surface area contributed by atoms with Gasteiger partial charge in [0.25, 0.3) is 5.52 Å². The van der Waals surface area contributed by atoms with Crippen molar-refractivity contribution in [2.45, 2.75) is 26.8 Å². The van der Waals surface area contributed by atoms with Crippen LogP contribution in [0.1, 0.15) is 26.2 Å². The topological polar surface area (TPSA) is 29.5 Å². The summed E-state index contributed by atoms with van der Waals surface area (Å²) in [6.45, 7) is 6.02. The number of fused-ring (bicyclic) bond motifs is 2. The number of benzene rings is 2. The second-order valence-electron chi connectivity index (χ2n) is 6.15. The molecule has 0 saturated heterocycles. The molecule has 0 bridgehead atoms. The smallest absolute Gasteiger partial charge is 0.373 e. The first kappa shape index (κ1) is 16.5. The number of oxazole rings is 1. The molecule has 4 nitrogen and oxygen atoms in total. The molecule has 1 aromatic heterocycles. The van der Waals surface area contributed by atoms with E-state index in [1.165, 1.54) is 0 Å². The van der Waals surface area contributed by atoms with E-state index in [0.29, 0.717) is 0 Å². The fourth-order valence-electron chi connectivity index (χ4n) is 3.37. The Hall–Kier alpha value is -3.01. The molecule has 2 heterocycles. The maximum Gasteiger partial charge on any atom is 0.373 e. The first-order valence-electron chi connectivity index (χ1n) is 9.14. The molecule has 0 amide bonds. The zero-order valence-corrected chi connectivity index (χ0v) is 15.2. The van der Waals surface area contributed by atoms with Crippen molar-refractivity contribution in [3.05, 3.63) is 72.5 Å². The van der Waals surface area contributed by atoms with Gasteiger partial charge >= 0.3 is 5.89 Å². The molecule has 132 valence electrons. The zero-order valence-electron chi connectivity index (χ0n) is 15.2. The van der Waals surface area contributed by atoms with Gasteiger partial charge in [-0.25, -0.2) is 0 Å². The summed E-state index contributed by atoms with van der Waals surface area (Å²) in [5, 5.41) is 0. The Bertz CT molecular complexity index is 985. The third-order valence-electron chi connectivity index (χ3n) is 4.59. The molecule has 1 aliphatic rings. The van der Waals surface area contributed by atoms with Gasteiger partial charge in [-0.3, -0.25) is 0 Å². The number of aromatic nitrogens is 1. The minimum absolute atomic E-state index is 0.778. The quantitative estimate of drug-likeness (QED) is 0.615. The number of nitrogens with zero attached hydrogens (tertiary/aromatic N) is 2. The van der Waals surface area contributed by atoms with E-state index in [-0.39, 0.29) is 0 Å². The largest absolute Gasteiger partial charge is 0.439 e. The van der Waals surface area contributed by atoms with Crippen LogP contribution in [0, 0.1) is 0 Å². The van der Waals surface area contributed by atoms with E-state index in [0.717, 1.165) is 53.8 Å². The summed E-state index contributed by atoms with van der Waals surface area (Å²) in [6.07, 6.45) is 7.04. The van der Waals surface area contributed by atoms with Crippen molar-refractivity contribution >= 4 is 22.9 Å². The van der Waals surface area contributed by atoms with Crippen LogP contribution in [0.5, 0.6) is 5.75 Å². The number of ether oxygens (including phenoxy) is 1. The summed E-state index contributed by atoms with van der Waals surface area (Å²) in [6, 6.07) is 16.3. The Morgan fingerprint density at radius 2 is 1.85 bits per heavy atom. The number of anilines is 1. The van der Waals surface area contributed by atoms with E-state index in [4.69, 9.17) is 9.15 Å². The van der Waals surface area contributed by atoms with Gasteiger partial charge in [-0.1, -0.05) is 30.3 Å². The zero-order chi connectivity index (χ0) is 17.9. The maximum atomic E-state index is 5.98. The number of rotatable bonds is 5. The molecular formula is C22H23N2O2+. The van der Waals surface area contributed by atoms with Gasteiger partial charge in [-0.15, -0.1) is 0 Å². The lowest BCUT2D eigenvalue weighted by molar-refractivity contribution is -0.674. The van der Waals surface area contributed by atoms with Gasteiger partial charge in [0.1, 0.15) is 6.54 Å². The van der Waals surface area contributed by atoms with Gasteiger partial charge in [0.2, 0.25) is 5.58 Å². The molecule has 4 rings (SSSR count). The highest BCUT2D eigenvalue weighted by molar-refractivity contribution is 5.69. The second kappa shape index (κ2) is 7.08. The third-order valence-corrected chi connectivity index (χ3v) is 4.59. The van der Waals surface area contributed by atoms with Crippen molar-refractivity contribution in [1.29, 1.82) is 0 Å². The fraction of sp³-hybridized carbons (Fsp3) is 0.227. The molecule has 0 saturated carbocycles. The third kappa shape index (κ3) is 2.88. The van der Waals surface area contributed by atoms with Crippen molar-refractivity contribution in [3.8, 4) is 5.75 Å². The van der Waals surface area contributed by atoms with Crippen molar-refractivity contribution in [2.24, 2.45) is 0 Å². The van der Waals surface area contributed by atoms with Crippen LogP contribution in [0.2, 0.25) is 0 Å². The average molecular weight is 347 g/mol. The van der Waals surface area contributed by atoms with Gasteiger partial charge in [0, 0.05) is 18.7 Å². The maximum absolute atomic E-state index is 5.98. The first-order valence-corrected chi connectivity index (χ1v) is 9.14. The highest BCUT2D eigenvalue weighted by Gasteiger charge is 2.23. The Labute approximate surface area is 153 Å². The SMILES string of the molecule is CCN1/C(=C\C/C=C/c2oc3ccccc3[n+]2CC)Oc2ccccc21. The summed E-state index contributed by atoms with van der Waals surface area (Å²) in [7, 11) is 0. The molecule has 0 aliphatic carbocycles. The highest BCUT2D eigenvalue weighted by atomic mass is 16.5. The highest BCUT2D eigenvalue weighted by Crippen LogP contribution is 2.38. The van der Waals surface area contributed by atoms with Gasteiger partial charge in [0.15, 0.2) is 11.6 Å². The minimum Gasteiger partial charge on any atom is -0.439 e. The molecule has 0 spiro atoms. The van der Waals surface area contributed by atoms with Crippen LogP contribution in [-0.4, -0.2) is 6.54 Å². The van der Waals surface area contributed by atoms with Crippen LogP contribution in [0.25, 0.3) is 17.2 Å². The number of allylic oxidation sites excluding steroid dienone is 2. The Kier molecular flexibility index (Phi) is 4.48. The average Bonchev–Trinajstić information content (AvgIpc) is 3.22. The van der Waals surface area contributed by atoms with E-state index in [2.05, 4.69) is 47.6 Å². The Balaban J connectivity index is 1.52. The van der Waals surface area contributed by atoms with Crippen LogP contribution in [0.3, 0.4) is 0 Å². The van der Waals surface area contributed by atoms with E-state index in [1.807, 2.05) is 42.5 Å². The number of hydrogen-bond acceptors (Lipinski definition) is 3. The molecule has 3 aromatic rings. The van der Waals surface area contributed by atoms with Crippen LogP contribution in [0.15, 0.2) is 71.0 Å². The van der Waals surface area contributed by atoms with Gasteiger partial charge in [0.05, 0.1) is 5.69 Å². The lowest BCUT2D eigenvalue weighted by atomic mass is 10.3. The van der Waals surface area contributed by atoms with E-state index in [9.17, 15) is 0 Å². The van der Waals surface area contributed by atoms with Crippen LogP contribution >= 0.6 is 0 Å². The molecular weight excluding hydrogens is 324 g/mol. The lowest BCUT2D eigenvalue weighted by Gasteiger charge is -2.15. The van der Waals surface area contributed by atoms with Gasteiger partial charge in [-0.05, 0) is 44.5 Å². The van der Waals surface area contributed by atoms with Crippen molar-refractivity contribution in [2.75, 3.05) is 11.4 Å². The fourth-order valence-corrected chi connectivity index (χ4v) is 3.37. The standard InChI is InChI=1S/C22H23N2O2/c1-3-23-17-11-5-7-13-19(17)25-21(23)15-9-10-16-22-24(4-2)18-12-6-8-14-20(18)26-22/h5-9,11-16H,3-4,10H2,1-2H3/q+1/b15-9+,22-16+. The number of aryl methyl sites for hydroxylation is 1. The molecule has 4 heteroatoms. The van der Waals surface area contributed by atoms with Crippen molar-refractivity contribution in [3.63, 3.8) is 0 Å². The van der Waals surface area contributed by atoms with E-state index < -0.39 is 0 Å². The van der Waals surface area contributed by atoms with Crippen molar-refractivity contribution < 1.29 is 13.7 Å². The summed E-state index contributed by atoms with van der Waals surface area (Å²) < 4.78 is 14.1. The molecule has 2 aromatic carbocycles. The molecule has 0 atom stereocenters. The monoisotopic (exact) mass is 347 g/mol. The second-order valence-corrected chi connectivity index (χ2v) is 6.15. The first-order chi connectivity index (χ1) is 12.8. The summed E-state index contributed by atoms with van der Waals surface area (Å²) in [5.41, 5.74) is 3.17. The van der Waals surface area contributed by atoms with E-state index in [1.54, 1.807) is 0 Å². The molecule has 0 fully saturated rings. The van der Waals surface area contributed by atoms with Crippen LogP contribution in [0.4, 0.5) is 5.69 Å². The van der Waals surface area contributed by atoms with Gasteiger partial charge < -0.3 is 14.1 Å². The van der Waals surface area contributed by atoms with Crippen molar-refractivity contribution in [1.82, 2.24) is 0 Å². The van der Waals surface area contributed by atoms with Crippen LogP contribution < -0.4 is 14.2 Å². The molecule has 26 heavy (non-hydrogen) atoms. The Morgan fingerprint density at radius 1 is 1.04 bits per heavy atom. The predicted molar refractivity (Wildman–Crippen MR) is 104 cm³/mol. The molecule has 1 aliphatic heterocycles. The van der Waals surface area contributed by atoms with Crippen LogP contribution in [-0.2, 0) is 6.54 Å². The lowest BCUT2D eigenvalue weighted by Crippen LogP contribution is -2.33. The number of para-hydroxylation sites is 4. The summed E-state index contributed by atoms with van der Waals surface area (Å²) in [5.74, 6) is 2.69. The molecule has 0 radical (unpaired) electrons. The predicted octanol–water partition coefficient (Wildman–Crippen LogP) is 4.90.